The molecule has 0 aliphatic heterocycles. The summed E-state index contributed by atoms with van der Waals surface area (Å²) in [5.41, 5.74) is 11.4. The van der Waals surface area contributed by atoms with Crippen LogP contribution in [0.1, 0.15) is 49.2 Å². The van der Waals surface area contributed by atoms with Crippen molar-refractivity contribution in [3.05, 3.63) is 34.4 Å². The molecule has 0 amide bonds. The summed E-state index contributed by atoms with van der Waals surface area (Å²) in [6.07, 6.45) is -0.0750. The molecule has 1 atom stereocenters. The lowest BCUT2D eigenvalue weighted by molar-refractivity contribution is 0.583. The lowest BCUT2D eigenvalue weighted by Crippen LogP contribution is -2.27. The summed E-state index contributed by atoms with van der Waals surface area (Å²) in [6, 6.07) is 4.50. The topological polar surface area (TPSA) is 38.0 Å². The minimum Gasteiger partial charge on any atom is -0.312 e. The maximum atomic E-state index is 6.04. The number of rotatable bonds is 2. The highest BCUT2D eigenvalue weighted by molar-refractivity contribution is 5.41. The van der Waals surface area contributed by atoms with Gasteiger partial charge in [0.2, 0.25) is 0 Å². The predicted octanol–water partition coefficient (Wildman–Crippen LogP) is 2.78. The van der Waals surface area contributed by atoms with E-state index in [0.29, 0.717) is 0 Å². The normalized spacial score (nSPS) is 13.9. The minimum absolute atomic E-state index is 0.0750. The second-order valence-electron chi connectivity index (χ2n) is 5.54. The Kier molecular flexibility index (Phi) is 3.76. The van der Waals surface area contributed by atoms with Crippen LogP contribution in [0.25, 0.3) is 0 Å². The average molecular weight is 220 g/mol. The molecule has 0 saturated carbocycles. The van der Waals surface area contributed by atoms with Crippen molar-refractivity contribution >= 4 is 0 Å². The number of hydrogen-bond acceptors (Lipinski definition) is 2. The Morgan fingerprint density at radius 1 is 1.12 bits per heavy atom. The highest BCUT2D eigenvalue weighted by Gasteiger charge is 2.17. The molecule has 2 heteroatoms. The predicted molar refractivity (Wildman–Crippen MR) is 70.6 cm³/mol. The first-order valence-electron chi connectivity index (χ1n) is 5.82. The maximum absolute atomic E-state index is 6.04. The summed E-state index contributed by atoms with van der Waals surface area (Å²) < 4.78 is 0. The summed E-state index contributed by atoms with van der Waals surface area (Å²) in [5.74, 6) is 0. The van der Waals surface area contributed by atoms with Crippen LogP contribution in [-0.4, -0.2) is 7.05 Å². The molecule has 0 radical (unpaired) electrons. The molecule has 0 fully saturated rings. The molecule has 0 spiro atoms. The molecule has 1 unspecified atom stereocenters. The van der Waals surface area contributed by atoms with E-state index in [1.165, 1.54) is 22.3 Å². The van der Waals surface area contributed by atoms with Gasteiger partial charge in [0.25, 0.3) is 0 Å². The van der Waals surface area contributed by atoms with Gasteiger partial charge in [0.1, 0.15) is 0 Å². The zero-order chi connectivity index (χ0) is 12.5. The molecule has 1 rings (SSSR count). The molecule has 90 valence electrons. The van der Waals surface area contributed by atoms with Gasteiger partial charge in [0, 0.05) is 0 Å². The first-order chi connectivity index (χ1) is 7.27. The van der Waals surface area contributed by atoms with Crippen LogP contribution in [0.3, 0.4) is 0 Å². The number of hydrogen-bond donors (Lipinski definition) is 2. The number of benzene rings is 1. The van der Waals surface area contributed by atoms with Crippen LogP contribution >= 0.6 is 0 Å². The van der Waals surface area contributed by atoms with Crippen LogP contribution in [0.15, 0.2) is 12.1 Å². The van der Waals surface area contributed by atoms with Crippen molar-refractivity contribution in [2.45, 2.75) is 46.2 Å². The van der Waals surface area contributed by atoms with E-state index in [2.05, 4.69) is 52.1 Å². The molecular formula is C14H24N2. The molecule has 3 N–H and O–H groups in total. The molecule has 2 nitrogen and oxygen atoms in total. The van der Waals surface area contributed by atoms with E-state index in [0.717, 1.165) is 0 Å². The van der Waals surface area contributed by atoms with E-state index >= 15 is 0 Å². The van der Waals surface area contributed by atoms with Crippen LogP contribution < -0.4 is 11.1 Å². The van der Waals surface area contributed by atoms with E-state index in [4.69, 9.17) is 5.73 Å². The Balaban J connectivity index is 3.28. The molecule has 0 aliphatic rings. The quantitative estimate of drug-likeness (QED) is 0.752. The van der Waals surface area contributed by atoms with Gasteiger partial charge >= 0.3 is 0 Å². The molecule has 1 aromatic carbocycles. The van der Waals surface area contributed by atoms with E-state index in [-0.39, 0.29) is 11.6 Å². The van der Waals surface area contributed by atoms with Crippen molar-refractivity contribution in [1.82, 2.24) is 5.32 Å². The Hall–Kier alpha value is -0.860. The van der Waals surface area contributed by atoms with Gasteiger partial charge in [-0.25, -0.2) is 0 Å². The van der Waals surface area contributed by atoms with Crippen LogP contribution in [0.4, 0.5) is 0 Å². The van der Waals surface area contributed by atoms with Gasteiger partial charge in [-0.3, -0.25) is 0 Å². The molecule has 0 bridgehead atoms. The minimum atomic E-state index is -0.0750. The van der Waals surface area contributed by atoms with Gasteiger partial charge in [-0.2, -0.15) is 0 Å². The Morgan fingerprint density at radius 3 is 1.88 bits per heavy atom. The summed E-state index contributed by atoms with van der Waals surface area (Å²) in [4.78, 5) is 0. The van der Waals surface area contributed by atoms with Crippen molar-refractivity contribution in [2.75, 3.05) is 7.05 Å². The molecule has 0 saturated heterocycles. The van der Waals surface area contributed by atoms with Crippen LogP contribution in [-0.2, 0) is 5.41 Å². The summed E-state index contributed by atoms with van der Waals surface area (Å²) >= 11 is 0. The van der Waals surface area contributed by atoms with E-state index in [1.54, 1.807) is 0 Å². The van der Waals surface area contributed by atoms with Gasteiger partial charge in [0.15, 0.2) is 0 Å². The standard InChI is InChI=1S/C14H24N2/c1-9-7-11(14(3,4)5)8-10(2)12(9)13(15)16-6/h7-8,13,16H,15H2,1-6H3. The average Bonchev–Trinajstić information content (AvgIpc) is 2.14. The maximum Gasteiger partial charge on any atom is 0.0812 e. The fraction of sp³-hybridized carbons (Fsp3) is 0.571. The third kappa shape index (κ3) is 2.63. The van der Waals surface area contributed by atoms with E-state index in [1.807, 2.05) is 7.05 Å². The summed E-state index contributed by atoms with van der Waals surface area (Å²) in [5, 5.41) is 3.10. The largest absolute Gasteiger partial charge is 0.312 e. The molecule has 0 aliphatic carbocycles. The lowest BCUT2D eigenvalue weighted by Gasteiger charge is -2.24. The monoisotopic (exact) mass is 220 g/mol. The second kappa shape index (κ2) is 4.56. The zero-order valence-corrected chi connectivity index (χ0v) is 11.3. The first-order valence-corrected chi connectivity index (χ1v) is 5.82. The SMILES string of the molecule is CNC(N)c1c(C)cc(C(C)(C)C)cc1C. The lowest BCUT2D eigenvalue weighted by atomic mass is 9.83. The van der Waals surface area contributed by atoms with E-state index < -0.39 is 0 Å². The molecule has 0 heterocycles. The van der Waals surface area contributed by atoms with Gasteiger partial charge in [-0.05, 0) is 48.6 Å². The van der Waals surface area contributed by atoms with Crippen LogP contribution in [0.5, 0.6) is 0 Å². The Labute approximate surface area is 99.2 Å². The first kappa shape index (κ1) is 13.2. The van der Waals surface area contributed by atoms with Crippen molar-refractivity contribution in [1.29, 1.82) is 0 Å². The third-order valence-electron chi connectivity index (χ3n) is 3.08. The summed E-state index contributed by atoms with van der Waals surface area (Å²) in [7, 11) is 1.89. The molecule has 16 heavy (non-hydrogen) atoms. The van der Waals surface area contributed by atoms with Crippen LogP contribution in [0, 0.1) is 13.8 Å². The molecular weight excluding hydrogens is 196 g/mol. The molecule has 0 aromatic heterocycles. The highest BCUT2D eigenvalue weighted by atomic mass is 15.0. The summed E-state index contributed by atoms with van der Waals surface area (Å²) in [6.45, 7) is 11.0. The van der Waals surface area contributed by atoms with Gasteiger partial charge in [-0.1, -0.05) is 32.9 Å². The number of nitrogens with two attached hydrogens (primary N) is 1. The van der Waals surface area contributed by atoms with Crippen molar-refractivity contribution in [3.63, 3.8) is 0 Å². The van der Waals surface area contributed by atoms with Gasteiger partial charge < -0.3 is 11.1 Å². The highest BCUT2D eigenvalue weighted by Crippen LogP contribution is 2.28. The van der Waals surface area contributed by atoms with Crippen LogP contribution in [0.2, 0.25) is 0 Å². The Bertz CT molecular complexity index is 352. The fourth-order valence-corrected chi connectivity index (χ4v) is 2.04. The van der Waals surface area contributed by atoms with Crippen molar-refractivity contribution < 1.29 is 0 Å². The van der Waals surface area contributed by atoms with E-state index in [9.17, 15) is 0 Å². The third-order valence-corrected chi connectivity index (χ3v) is 3.08. The Morgan fingerprint density at radius 2 is 1.56 bits per heavy atom. The number of aryl methyl sites for hydroxylation is 2. The van der Waals surface area contributed by atoms with Crippen molar-refractivity contribution in [2.24, 2.45) is 5.73 Å². The smallest absolute Gasteiger partial charge is 0.0812 e. The van der Waals surface area contributed by atoms with Crippen molar-refractivity contribution in [3.8, 4) is 0 Å². The zero-order valence-electron chi connectivity index (χ0n) is 11.3. The fourth-order valence-electron chi connectivity index (χ4n) is 2.04. The second-order valence-corrected chi connectivity index (χ2v) is 5.54. The van der Waals surface area contributed by atoms with Gasteiger partial charge in [-0.15, -0.1) is 0 Å². The number of nitrogens with one attached hydrogen (secondary N) is 1. The molecule has 1 aromatic rings. The van der Waals surface area contributed by atoms with Gasteiger partial charge in [0.05, 0.1) is 6.17 Å².